The molecule has 1 aliphatic carbocycles. The summed E-state index contributed by atoms with van der Waals surface area (Å²) in [5.41, 5.74) is -1.67. The summed E-state index contributed by atoms with van der Waals surface area (Å²) in [5.74, 6) is -2.29. The van der Waals surface area contributed by atoms with Gasteiger partial charge < -0.3 is 10.4 Å². The molecule has 0 aliphatic heterocycles. The highest BCUT2D eigenvalue weighted by Gasteiger charge is 2.56. The second-order valence-electron chi connectivity index (χ2n) is 7.92. The number of aliphatic hydroxyl groups is 1. The van der Waals surface area contributed by atoms with E-state index in [1.165, 1.54) is 34.6 Å². The van der Waals surface area contributed by atoms with Gasteiger partial charge in [0.05, 0.1) is 16.5 Å². The predicted molar refractivity (Wildman–Crippen MR) is 109 cm³/mol. The molecule has 2 N–H and O–H groups in total. The monoisotopic (exact) mass is 403 g/mol. The smallest absolute Gasteiger partial charge is 0.190 e. The average Bonchev–Trinajstić information content (AvgIpc) is 2.59. The quantitative estimate of drug-likeness (QED) is 0.261. The van der Waals surface area contributed by atoms with Gasteiger partial charge in [-0.05, 0) is 52.3 Å². The zero-order valence-corrected chi connectivity index (χ0v) is 18.0. The highest BCUT2D eigenvalue weighted by Crippen LogP contribution is 2.43. The van der Waals surface area contributed by atoms with E-state index in [4.69, 9.17) is 0 Å². The minimum atomic E-state index is -1.41. The van der Waals surface area contributed by atoms with Crippen LogP contribution >= 0.6 is 11.8 Å². The van der Waals surface area contributed by atoms with Crippen LogP contribution in [0, 0.1) is 17.8 Å². The van der Waals surface area contributed by atoms with Gasteiger partial charge in [0, 0.05) is 24.4 Å². The number of rotatable bonds is 3. The van der Waals surface area contributed by atoms with Crippen LogP contribution in [0.2, 0.25) is 0 Å². The summed E-state index contributed by atoms with van der Waals surface area (Å²) >= 11 is 1.04. The van der Waals surface area contributed by atoms with Crippen molar-refractivity contribution in [2.75, 3.05) is 12.4 Å². The van der Waals surface area contributed by atoms with Crippen molar-refractivity contribution in [3.63, 3.8) is 0 Å². The Morgan fingerprint density at radius 3 is 1.96 bits per heavy atom. The third kappa shape index (κ3) is 3.28. The molecule has 0 atom stereocenters. The van der Waals surface area contributed by atoms with Crippen LogP contribution in [-0.4, -0.2) is 34.6 Å². The second kappa shape index (κ2) is 7.20. The van der Waals surface area contributed by atoms with Gasteiger partial charge in [-0.25, -0.2) is 0 Å². The van der Waals surface area contributed by atoms with Gasteiger partial charge in [-0.15, -0.1) is 0 Å². The predicted octanol–water partition coefficient (Wildman–Crippen LogP) is 3.72. The maximum absolute atomic E-state index is 12.9. The molecule has 0 spiro atoms. The zero-order valence-electron chi connectivity index (χ0n) is 17.1. The standard InChI is InChI=1S/C21H25NO5S/c1-10-12(8-9-13(15(10)22-7)28-11(2)23)16(24)14-17(25)20(3,4)19(27)21(5,6)18(14)26/h8-9,22,24H,1-7H3. The molecular weight excluding hydrogens is 378 g/mol. The fraction of sp³-hybridized carbons (Fsp3) is 0.429. The average molecular weight is 404 g/mol. The van der Waals surface area contributed by atoms with E-state index in [-0.39, 0.29) is 10.7 Å². The Bertz CT molecular complexity index is 908. The van der Waals surface area contributed by atoms with Crippen molar-refractivity contribution in [2.24, 2.45) is 10.8 Å². The summed E-state index contributed by atoms with van der Waals surface area (Å²) in [4.78, 5) is 50.6. The highest BCUT2D eigenvalue weighted by atomic mass is 32.2. The number of hydrogen-bond acceptors (Lipinski definition) is 7. The van der Waals surface area contributed by atoms with E-state index in [9.17, 15) is 24.3 Å². The third-order valence-corrected chi connectivity index (χ3v) is 5.99. The Morgan fingerprint density at radius 2 is 1.54 bits per heavy atom. The summed E-state index contributed by atoms with van der Waals surface area (Å²) < 4.78 is 0. The van der Waals surface area contributed by atoms with Crippen LogP contribution in [0.25, 0.3) is 5.76 Å². The number of Topliss-reactive ketones (excluding diaryl/α,β-unsaturated/α-hetero) is 3. The normalized spacial score (nSPS) is 18.2. The number of carbonyl (C=O) groups excluding carboxylic acids is 4. The van der Waals surface area contributed by atoms with E-state index in [0.717, 1.165) is 11.8 Å². The number of hydrogen-bond donors (Lipinski definition) is 2. The van der Waals surface area contributed by atoms with Crippen molar-refractivity contribution >= 4 is 45.7 Å². The number of nitrogens with one attached hydrogen (secondary N) is 1. The lowest BCUT2D eigenvalue weighted by atomic mass is 9.60. The molecule has 1 aromatic rings. The van der Waals surface area contributed by atoms with E-state index < -0.39 is 33.9 Å². The van der Waals surface area contributed by atoms with Crippen LogP contribution in [0.15, 0.2) is 22.6 Å². The second-order valence-corrected chi connectivity index (χ2v) is 9.13. The van der Waals surface area contributed by atoms with Crippen LogP contribution in [0.1, 0.15) is 45.7 Å². The van der Waals surface area contributed by atoms with Gasteiger partial charge in [0.1, 0.15) is 11.3 Å². The molecule has 0 heterocycles. The van der Waals surface area contributed by atoms with Crippen molar-refractivity contribution in [3.8, 4) is 0 Å². The van der Waals surface area contributed by atoms with Crippen LogP contribution in [0.5, 0.6) is 0 Å². The molecule has 0 aromatic heterocycles. The molecule has 28 heavy (non-hydrogen) atoms. The first-order chi connectivity index (χ1) is 12.8. The topological polar surface area (TPSA) is 101 Å². The van der Waals surface area contributed by atoms with E-state index in [2.05, 4.69) is 5.32 Å². The molecule has 0 radical (unpaired) electrons. The molecule has 150 valence electrons. The Balaban J connectivity index is 2.75. The first-order valence-electron chi connectivity index (χ1n) is 8.86. The summed E-state index contributed by atoms with van der Waals surface area (Å²) in [6.45, 7) is 9.05. The van der Waals surface area contributed by atoms with Crippen molar-refractivity contribution < 1.29 is 24.3 Å². The van der Waals surface area contributed by atoms with Crippen LogP contribution in [-0.2, 0) is 19.2 Å². The number of thioether (sulfide) groups is 1. The SMILES string of the molecule is CNc1c(SC(C)=O)ccc(C(O)=C2C(=O)C(C)(C)C(=O)C(C)(C)C2=O)c1C. The third-order valence-electron chi connectivity index (χ3n) is 5.15. The Labute approximate surface area is 168 Å². The van der Waals surface area contributed by atoms with Crippen molar-refractivity contribution in [2.45, 2.75) is 46.4 Å². The van der Waals surface area contributed by atoms with Gasteiger partial charge in [0.2, 0.25) is 0 Å². The fourth-order valence-corrected chi connectivity index (χ4v) is 4.36. The molecule has 0 amide bonds. The molecule has 1 fully saturated rings. The summed E-state index contributed by atoms with van der Waals surface area (Å²) in [5, 5.41) is 13.8. The maximum atomic E-state index is 12.9. The van der Waals surface area contributed by atoms with Gasteiger partial charge in [-0.1, -0.05) is 11.8 Å². The van der Waals surface area contributed by atoms with E-state index >= 15 is 0 Å². The number of carbonyl (C=O) groups is 4. The molecular formula is C21H25NO5S. The number of benzene rings is 1. The fourth-order valence-electron chi connectivity index (χ4n) is 3.56. The lowest BCUT2D eigenvalue weighted by Crippen LogP contribution is -2.54. The van der Waals surface area contributed by atoms with Gasteiger partial charge in [0.25, 0.3) is 0 Å². The largest absolute Gasteiger partial charge is 0.506 e. The maximum Gasteiger partial charge on any atom is 0.190 e. The van der Waals surface area contributed by atoms with E-state index in [1.54, 1.807) is 26.1 Å². The van der Waals surface area contributed by atoms with Crippen LogP contribution < -0.4 is 5.32 Å². The molecule has 1 saturated carbocycles. The Morgan fingerprint density at radius 1 is 1.04 bits per heavy atom. The van der Waals surface area contributed by atoms with E-state index in [1.807, 2.05) is 0 Å². The molecule has 0 unspecified atom stereocenters. The zero-order chi connectivity index (χ0) is 21.6. The minimum absolute atomic E-state index is 0.0918. The number of aliphatic hydroxyl groups excluding tert-OH is 1. The van der Waals surface area contributed by atoms with Crippen molar-refractivity contribution in [1.29, 1.82) is 0 Å². The summed E-state index contributed by atoms with van der Waals surface area (Å²) in [7, 11) is 1.68. The van der Waals surface area contributed by atoms with E-state index in [0.29, 0.717) is 21.7 Å². The molecule has 7 heteroatoms. The Hall–Kier alpha value is -2.41. The molecule has 2 rings (SSSR count). The van der Waals surface area contributed by atoms with Gasteiger partial charge in [-0.2, -0.15) is 0 Å². The van der Waals surface area contributed by atoms with Crippen molar-refractivity contribution in [3.05, 3.63) is 28.8 Å². The number of allylic oxidation sites excluding steroid dienone is 1. The summed E-state index contributed by atoms with van der Waals surface area (Å²) in [6.07, 6.45) is 0. The molecule has 6 nitrogen and oxygen atoms in total. The Kier molecular flexibility index (Phi) is 5.63. The van der Waals surface area contributed by atoms with Gasteiger partial charge in [0.15, 0.2) is 22.5 Å². The molecule has 0 saturated heterocycles. The van der Waals surface area contributed by atoms with Crippen LogP contribution in [0.4, 0.5) is 5.69 Å². The van der Waals surface area contributed by atoms with Crippen molar-refractivity contribution in [1.82, 2.24) is 0 Å². The number of ketones is 3. The molecule has 1 aliphatic rings. The highest BCUT2D eigenvalue weighted by molar-refractivity contribution is 8.13. The first-order valence-corrected chi connectivity index (χ1v) is 9.68. The lowest BCUT2D eigenvalue weighted by Gasteiger charge is -2.37. The van der Waals surface area contributed by atoms with Gasteiger partial charge >= 0.3 is 0 Å². The first kappa shape index (κ1) is 21.9. The number of anilines is 1. The minimum Gasteiger partial charge on any atom is -0.506 e. The molecule has 0 bridgehead atoms. The van der Waals surface area contributed by atoms with Gasteiger partial charge in [-0.3, -0.25) is 19.2 Å². The van der Waals surface area contributed by atoms with Crippen LogP contribution in [0.3, 0.4) is 0 Å². The molecule has 1 aromatic carbocycles. The summed E-state index contributed by atoms with van der Waals surface area (Å²) in [6, 6.07) is 3.22. The lowest BCUT2D eigenvalue weighted by molar-refractivity contribution is -0.151.